The van der Waals surface area contributed by atoms with Crippen LogP contribution in [-0.4, -0.2) is 54.4 Å². The number of piperidine rings is 1. The highest BCUT2D eigenvalue weighted by atomic mass is 16.5. The monoisotopic (exact) mass is 348 g/mol. The Labute approximate surface area is 146 Å². The number of hydrogen-bond donors (Lipinski definition) is 2. The fourth-order valence-corrected chi connectivity index (χ4v) is 3.19. The number of hydrogen-bond acceptors (Lipinski definition) is 4. The number of carbonyl (C=O) groups is 2. The quantitative estimate of drug-likeness (QED) is 0.854. The second-order valence-corrected chi connectivity index (χ2v) is 6.53. The van der Waals surface area contributed by atoms with Gasteiger partial charge in [-0.3, -0.25) is 4.79 Å². The van der Waals surface area contributed by atoms with E-state index in [1.54, 1.807) is 17.0 Å². The van der Waals surface area contributed by atoms with Crippen LogP contribution in [0.3, 0.4) is 0 Å². The molecule has 0 saturated carbocycles. The van der Waals surface area contributed by atoms with Gasteiger partial charge in [-0.2, -0.15) is 0 Å². The van der Waals surface area contributed by atoms with Gasteiger partial charge < -0.3 is 24.8 Å². The van der Waals surface area contributed by atoms with E-state index in [9.17, 15) is 9.59 Å². The molecule has 2 N–H and O–H groups in total. The van der Waals surface area contributed by atoms with Crippen molar-refractivity contribution < 1.29 is 24.2 Å². The number of benzene rings is 1. The van der Waals surface area contributed by atoms with Crippen LogP contribution in [0.5, 0.6) is 5.75 Å². The van der Waals surface area contributed by atoms with Crippen LogP contribution >= 0.6 is 0 Å². The van der Waals surface area contributed by atoms with Gasteiger partial charge in [-0.15, -0.1) is 0 Å². The zero-order valence-electron chi connectivity index (χ0n) is 14.1. The Hall–Kier alpha value is -2.28. The molecule has 2 heterocycles. The van der Waals surface area contributed by atoms with Crippen LogP contribution < -0.4 is 10.1 Å². The van der Waals surface area contributed by atoms with Crippen molar-refractivity contribution in [2.45, 2.75) is 31.8 Å². The Kier molecular flexibility index (Phi) is 5.75. The fourth-order valence-electron chi connectivity index (χ4n) is 3.19. The smallest absolute Gasteiger partial charge is 0.321 e. The van der Waals surface area contributed by atoms with Crippen molar-refractivity contribution in [3.05, 3.63) is 24.3 Å². The largest absolute Gasteiger partial charge is 0.491 e. The van der Waals surface area contributed by atoms with Crippen molar-refractivity contribution in [3.8, 4) is 5.75 Å². The summed E-state index contributed by atoms with van der Waals surface area (Å²) in [5.41, 5.74) is 0.632. The zero-order chi connectivity index (χ0) is 17.6. The van der Waals surface area contributed by atoms with Gasteiger partial charge in [0.1, 0.15) is 12.4 Å². The first kappa shape index (κ1) is 17.5. The molecular formula is C18H24N2O5. The second-order valence-electron chi connectivity index (χ2n) is 6.53. The van der Waals surface area contributed by atoms with E-state index in [1.165, 1.54) is 0 Å². The molecule has 2 fully saturated rings. The third-order valence-electron chi connectivity index (χ3n) is 4.60. The summed E-state index contributed by atoms with van der Waals surface area (Å²) < 4.78 is 11.3. The number of carbonyl (C=O) groups excluding carboxylic acids is 1. The lowest BCUT2D eigenvalue weighted by molar-refractivity contribution is -0.143. The Morgan fingerprint density at radius 2 is 2.20 bits per heavy atom. The van der Waals surface area contributed by atoms with Crippen LogP contribution in [0, 0.1) is 5.92 Å². The van der Waals surface area contributed by atoms with Crippen molar-refractivity contribution in [2.75, 3.05) is 31.6 Å². The van der Waals surface area contributed by atoms with Crippen LogP contribution in [0.2, 0.25) is 0 Å². The first-order valence-corrected chi connectivity index (χ1v) is 8.75. The van der Waals surface area contributed by atoms with E-state index in [-0.39, 0.29) is 18.7 Å². The van der Waals surface area contributed by atoms with Crippen molar-refractivity contribution in [3.63, 3.8) is 0 Å². The molecule has 25 heavy (non-hydrogen) atoms. The van der Waals surface area contributed by atoms with Crippen molar-refractivity contribution in [1.29, 1.82) is 0 Å². The molecule has 1 aromatic carbocycles. The maximum Gasteiger partial charge on any atom is 0.321 e. The number of nitrogens with zero attached hydrogens (tertiary/aromatic N) is 1. The first-order valence-electron chi connectivity index (χ1n) is 8.75. The van der Waals surface area contributed by atoms with E-state index in [2.05, 4.69) is 5.32 Å². The highest BCUT2D eigenvalue weighted by molar-refractivity contribution is 5.90. The van der Waals surface area contributed by atoms with Crippen molar-refractivity contribution >= 4 is 17.7 Å². The molecule has 0 aliphatic carbocycles. The first-order chi connectivity index (χ1) is 12.1. The van der Waals surface area contributed by atoms with Gasteiger partial charge >= 0.3 is 12.0 Å². The Balaban J connectivity index is 1.53. The van der Waals surface area contributed by atoms with Gasteiger partial charge in [-0.25, -0.2) is 4.79 Å². The van der Waals surface area contributed by atoms with Crippen molar-refractivity contribution in [2.24, 2.45) is 5.92 Å². The summed E-state index contributed by atoms with van der Waals surface area (Å²) in [4.78, 5) is 25.1. The Morgan fingerprint density at radius 1 is 1.32 bits per heavy atom. The van der Waals surface area contributed by atoms with E-state index in [0.717, 1.165) is 19.4 Å². The number of carboxylic acids is 1. The topological polar surface area (TPSA) is 88.1 Å². The van der Waals surface area contributed by atoms with Gasteiger partial charge in [0.05, 0.1) is 12.0 Å². The molecule has 7 nitrogen and oxygen atoms in total. The fraction of sp³-hybridized carbons (Fsp3) is 0.556. The predicted molar refractivity (Wildman–Crippen MR) is 91.9 cm³/mol. The second kappa shape index (κ2) is 8.20. The SMILES string of the molecule is O=C(O)C1CCCN(C(=O)Nc2cccc(OCC3CCCO3)c2)C1. The minimum atomic E-state index is -0.845. The standard InChI is InChI=1S/C18H24N2O5/c21-17(22)13-4-2-8-20(11-13)18(23)19-14-5-1-6-15(10-14)25-12-16-7-3-9-24-16/h1,5-6,10,13,16H,2-4,7-9,11-12H2,(H,19,23)(H,21,22). The number of nitrogens with one attached hydrogen (secondary N) is 1. The lowest BCUT2D eigenvalue weighted by Gasteiger charge is -2.30. The normalized spacial score (nSPS) is 23.3. The molecule has 2 aliphatic heterocycles. The Morgan fingerprint density at radius 3 is 2.96 bits per heavy atom. The number of aliphatic carboxylic acids is 1. The number of likely N-dealkylation sites (tertiary alicyclic amines) is 1. The number of amides is 2. The molecule has 3 rings (SSSR count). The summed E-state index contributed by atoms with van der Waals surface area (Å²) in [6.45, 7) is 2.11. The molecule has 7 heteroatoms. The maximum atomic E-state index is 12.4. The molecular weight excluding hydrogens is 324 g/mol. The average molecular weight is 348 g/mol. The van der Waals surface area contributed by atoms with E-state index in [0.29, 0.717) is 37.4 Å². The van der Waals surface area contributed by atoms with E-state index < -0.39 is 11.9 Å². The predicted octanol–water partition coefficient (Wildman–Crippen LogP) is 2.57. The lowest BCUT2D eigenvalue weighted by Crippen LogP contribution is -2.44. The van der Waals surface area contributed by atoms with Crippen LogP contribution in [0.25, 0.3) is 0 Å². The third kappa shape index (κ3) is 4.85. The highest BCUT2D eigenvalue weighted by Gasteiger charge is 2.28. The van der Waals surface area contributed by atoms with Gasteiger partial charge in [0.2, 0.25) is 0 Å². The summed E-state index contributed by atoms with van der Waals surface area (Å²) in [7, 11) is 0. The highest BCUT2D eigenvalue weighted by Crippen LogP contribution is 2.21. The molecule has 2 atom stereocenters. The summed E-state index contributed by atoms with van der Waals surface area (Å²) in [5, 5.41) is 12.0. The molecule has 0 bridgehead atoms. The number of rotatable bonds is 5. The van der Waals surface area contributed by atoms with Gasteiger partial charge in [0.15, 0.2) is 0 Å². The maximum absolute atomic E-state index is 12.4. The third-order valence-corrected chi connectivity index (χ3v) is 4.60. The van der Waals surface area contributed by atoms with E-state index in [4.69, 9.17) is 14.6 Å². The zero-order valence-corrected chi connectivity index (χ0v) is 14.1. The number of ether oxygens (including phenoxy) is 2. The van der Waals surface area contributed by atoms with Gasteiger partial charge in [0.25, 0.3) is 0 Å². The van der Waals surface area contributed by atoms with Gasteiger partial charge in [-0.05, 0) is 37.8 Å². The minimum Gasteiger partial charge on any atom is -0.491 e. The molecule has 0 spiro atoms. The van der Waals surface area contributed by atoms with Crippen LogP contribution in [0.15, 0.2) is 24.3 Å². The Bertz CT molecular complexity index is 615. The van der Waals surface area contributed by atoms with Gasteiger partial charge in [0, 0.05) is 31.5 Å². The van der Waals surface area contributed by atoms with Crippen LogP contribution in [0.1, 0.15) is 25.7 Å². The van der Waals surface area contributed by atoms with Crippen LogP contribution in [-0.2, 0) is 9.53 Å². The molecule has 2 amide bonds. The average Bonchev–Trinajstić information content (AvgIpc) is 3.14. The summed E-state index contributed by atoms with van der Waals surface area (Å²) in [6, 6.07) is 6.94. The molecule has 1 aromatic rings. The number of urea groups is 1. The van der Waals surface area contributed by atoms with E-state index >= 15 is 0 Å². The molecule has 0 aromatic heterocycles. The van der Waals surface area contributed by atoms with E-state index in [1.807, 2.05) is 12.1 Å². The summed E-state index contributed by atoms with van der Waals surface area (Å²) in [5.74, 6) is -0.655. The molecule has 2 aliphatic rings. The number of anilines is 1. The van der Waals surface area contributed by atoms with Gasteiger partial charge in [-0.1, -0.05) is 6.07 Å². The molecule has 0 radical (unpaired) electrons. The summed E-state index contributed by atoms with van der Waals surface area (Å²) in [6.07, 6.45) is 3.54. The number of carboxylic acid groups (broad SMARTS) is 1. The lowest BCUT2D eigenvalue weighted by atomic mass is 9.99. The molecule has 2 unspecified atom stereocenters. The minimum absolute atomic E-state index is 0.138. The molecule has 136 valence electrons. The molecule has 2 saturated heterocycles. The van der Waals surface area contributed by atoms with Crippen molar-refractivity contribution in [1.82, 2.24) is 4.90 Å². The van der Waals surface area contributed by atoms with Crippen LogP contribution in [0.4, 0.5) is 10.5 Å². The summed E-state index contributed by atoms with van der Waals surface area (Å²) >= 11 is 0.